The summed E-state index contributed by atoms with van der Waals surface area (Å²) in [5.41, 5.74) is 1.10. The van der Waals surface area contributed by atoms with Crippen molar-refractivity contribution in [1.82, 2.24) is 15.1 Å². The van der Waals surface area contributed by atoms with Gasteiger partial charge in [-0.15, -0.1) is 0 Å². The average Bonchev–Trinajstić information content (AvgIpc) is 2.60. The molecule has 1 aliphatic rings. The zero-order chi connectivity index (χ0) is 16.7. The Morgan fingerprint density at radius 3 is 2.52 bits per heavy atom. The van der Waals surface area contributed by atoms with Crippen LogP contribution in [0.25, 0.3) is 0 Å². The van der Waals surface area contributed by atoms with Crippen LogP contribution in [-0.4, -0.2) is 61.6 Å². The van der Waals surface area contributed by atoms with Crippen molar-refractivity contribution in [3.63, 3.8) is 0 Å². The van der Waals surface area contributed by atoms with Gasteiger partial charge in [-0.05, 0) is 31.0 Å². The molecule has 0 bridgehead atoms. The summed E-state index contributed by atoms with van der Waals surface area (Å²) >= 11 is 0. The summed E-state index contributed by atoms with van der Waals surface area (Å²) in [5, 5.41) is 2.79. The second-order valence-corrected chi connectivity index (χ2v) is 5.55. The smallest absolute Gasteiger partial charge is 0.317 e. The molecule has 1 aromatic rings. The molecule has 6 nitrogen and oxygen atoms in total. The quantitative estimate of drug-likeness (QED) is 0.895. The molecule has 0 radical (unpaired) electrons. The summed E-state index contributed by atoms with van der Waals surface area (Å²) in [4.78, 5) is 27.7. The molecule has 1 N–H and O–H groups in total. The molecule has 3 amide bonds. The normalized spacial score (nSPS) is 14.5. The van der Waals surface area contributed by atoms with E-state index in [0.29, 0.717) is 45.6 Å². The van der Waals surface area contributed by atoms with Gasteiger partial charge in [-0.1, -0.05) is 12.1 Å². The SMILES string of the molecule is CCNC(=O)N1CCN(C(=O)CCc2cccc(OC)c2)CC1. The summed E-state index contributed by atoms with van der Waals surface area (Å²) in [5.74, 6) is 0.953. The third kappa shape index (κ3) is 4.87. The lowest BCUT2D eigenvalue weighted by atomic mass is 10.1. The fraction of sp³-hybridized carbons (Fsp3) is 0.529. The Morgan fingerprint density at radius 2 is 1.87 bits per heavy atom. The largest absolute Gasteiger partial charge is 0.497 e. The average molecular weight is 319 g/mol. The number of benzene rings is 1. The number of carbonyl (C=O) groups excluding carboxylic acids is 2. The number of ether oxygens (including phenoxy) is 1. The van der Waals surface area contributed by atoms with Crippen LogP contribution in [0.5, 0.6) is 5.75 Å². The molecule has 1 aliphatic heterocycles. The summed E-state index contributed by atoms with van der Waals surface area (Å²) in [6.45, 7) is 4.92. The highest BCUT2D eigenvalue weighted by Gasteiger charge is 2.23. The number of carbonyl (C=O) groups is 2. The molecule has 0 aliphatic carbocycles. The number of hydrogen-bond donors (Lipinski definition) is 1. The van der Waals surface area contributed by atoms with E-state index in [1.807, 2.05) is 36.1 Å². The maximum absolute atomic E-state index is 12.3. The van der Waals surface area contributed by atoms with Crippen molar-refractivity contribution >= 4 is 11.9 Å². The number of aryl methyl sites for hydroxylation is 1. The molecule has 1 aromatic carbocycles. The van der Waals surface area contributed by atoms with Crippen molar-refractivity contribution in [2.45, 2.75) is 19.8 Å². The van der Waals surface area contributed by atoms with Gasteiger partial charge in [0.15, 0.2) is 0 Å². The van der Waals surface area contributed by atoms with E-state index in [4.69, 9.17) is 4.74 Å². The third-order valence-corrected chi connectivity index (χ3v) is 4.01. The molecular weight excluding hydrogens is 294 g/mol. The molecular formula is C17H25N3O3. The Balaban J connectivity index is 1.77. The minimum Gasteiger partial charge on any atom is -0.497 e. The fourth-order valence-corrected chi connectivity index (χ4v) is 2.66. The molecule has 2 rings (SSSR count). The molecule has 0 saturated carbocycles. The minimum atomic E-state index is -0.0454. The Bertz CT molecular complexity index is 540. The maximum atomic E-state index is 12.3. The molecule has 6 heteroatoms. The van der Waals surface area contributed by atoms with E-state index in [1.165, 1.54) is 0 Å². The first-order chi connectivity index (χ1) is 11.1. The number of urea groups is 1. The highest BCUT2D eigenvalue weighted by molar-refractivity contribution is 5.78. The van der Waals surface area contributed by atoms with Crippen molar-refractivity contribution in [3.8, 4) is 5.75 Å². The van der Waals surface area contributed by atoms with Gasteiger partial charge in [0.25, 0.3) is 0 Å². The summed E-state index contributed by atoms with van der Waals surface area (Å²) in [6.07, 6.45) is 1.18. The standard InChI is InChI=1S/C17H25N3O3/c1-3-18-17(22)20-11-9-19(10-12-20)16(21)8-7-14-5-4-6-15(13-14)23-2/h4-6,13H,3,7-12H2,1-2H3,(H,18,22). The molecule has 1 saturated heterocycles. The number of nitrogens with one attached hydrogen (secondary N) is 1. The topological polar surface area (TPSA) is 61.9 Å². The second kappa shape index (κ2) is 8.41. The van der Waals surface area contributed by atoms with Crippen LogP contribution in [0.1, 0.15) is 18.9 Å². The van der Waals surface area contributed by atoms with Gasteiger partial charge in [-0.3, -0.25) is 4.79 Å². The Labute approximate surface area is 137 Å². The van der Waals surface area contributed by atoms with Crippen LogP contribution >= 0.6 is 0 Å². The molecule has 126 valence electrons. The predicted molar refractivity (Wildman–Crippen MR) is 88.5 cm³/mol. The van der Waals surface area contributed by atoms with Crippen LogP contribution in [0, 0.1) is 0 Å². The molecule has 0 unspecified atom stereocenters. The van der Waals surface area contributed by atoms with Crippen LogP contribution in [0.3, 0.4) is 0 Å². The van der Waals surface area contributed by atoms with Crippen LogP contribution in [0.15, 0.2) is 24.3 Å². The van der Waals surface area contributed by atoms with E-state index < -0.39 is 0 Å². The zero-order valence-electron chi connectivity index (χ0n) is 13.9. The van der Waals surface area contributed by atoms with E-state index in [9.17, 15) is 9.59 Å². The zero-order valence-corrected chi connectivity index (χ0v) is 13.9. The number of hydrogen-bond acceptors (Lipinski definition) is 3. The highest BCUT2D eigenvalue weighted by Crippen LogP contribution is 2.14. The van der Waals surface area contributed by atoms with Gasteiger partial charge < -0.3 is 19.9 Å². The lowest BCUT2D eigenvalue weighted by molar-refractivity contribution is -0.132. The Kier molecular flexibility index (Phi) is 6.26. The van der Waals surface area contributed by atoms with Crippen molar-refractivity contribution in [2.75, 3.05) is 39.8 Å². The van der Waals surface area contributed by atoms with E-state index in [0.717, 1.165) is 11.3 Å². The van der Waals surface area contributed by atoms with E-state index >= 15 is 0 Å². The minimum absolute atomic E-state index is 0.0454. The van der Waals surface area contributed by atoms with Gasteiger partial charge in [0, 0.05) is 39.1 Å². The first-order valence-electron chi connectivity index (χ1n) is 8.07. The van der Waals surface area contributed by atoms with Crippen molar-refractivity contribution in [2.24, 2.45) is 0 Å². The summed E-state index contributed by atoms with van der Waals surface area (Å²) in [6, 6.07) is 7.75. The molecule has 0 spiro atoms. The number of amides is 3. The number of nitrogens with zero attached hydrogens (tertiary/aromatic N) is 2. The molecule has 0 atom stereocenters. The van der Waals surface area contributed by atoms with Crippen LogP contribution in [0.2, 0.25) is 0 Å². The lowest BCUT2D eigenvalue weighted by Crippen LogP contribution is -2.53. The van der Waals surface area contributed by atoms with Crippen LogP contribution in [-0.2, 0) is 11.2 Å². The van der Waals surface area contributed by atoms with Gasteiger partial charge in [0.1, 0.15) is 5.75 Å². The highest BCUT2D eigenvalue weighted by atomic mass is 16.5. The van der Waals surface area contributed by atoms with E-state index in [2.05, 4.69) is 5.32 Å². The third-order valence-electron chi connectivity index (χ3n) is 4.01. The van der Waals surface area contributed by atoms with Crippen LogP contribution in [0.4, 0.5) is 4.79 Å². The monoisotopic (exact) mass is 319 g/mol. The van der Waals surface area contributed by atoms with Gasteiger partial charge in [0.2, 0.25) is 5.91 Å². The first-order valence-corrected chi connectivity index (χ1v) is 8.07. The summed E-state index contributed by atoms with van der Waals surface area (Å²) < 4.78 is 5.19. The lowest BCUT2D eigenvalue weighted by Gasteiger charge is -2.34. The Hall–Kier alpha value is -2.24. The first kappa shape index (κ1) is 17.1. The van der Waals surface area contributed by atoms with Gasteiger partial charge in [0.05, 0.1) is 7.11 Å². The van der Waals surface area contributed by atoms with Gasteiger partial charge in [-0.2, -0.15) is 0 Å². The number of piperazine rings is 1. The number of methoxy groups -OCH3 is 1. The van der Waals surface area contributed by atoms with Crippen molar-refractivity contribution in [1.29, 1.82) is 0 Å². The van der Waals surface area contributed by atoms with E-state index in [1.54, 1.807) is 12.0 Å². The van der Waals surface area contributed by atoms with Gasteiger partial charge >= 0.3 is 6.03 Å². The predicted octanol–water partition coefficient (Wildman–Crippen LogP) is 1.50. The Morgan fingerprint density at radius 1 is 1.17 bits per heavy atom. The molecule has 1 fully saturated rings. The van der Waals surface area contributed by atoms with E-state index in [-0.39, 0.29) is 11.9 Å². The molecule has 0 aromatic heterocycles. The molecule has 1 heterocycles. The van der Waals surface area contributed by atoms with Crippen molar-refractivity contribution in [3.05, 3.63) is 29.8 Å². The maximum Gasteiger partial charge on any atom is 0.317 e. The second-order valence-electron chi connectivity index (χ2n) is 5.55. The summed E-state index contributed by atoms with van der Waals surface area (Å²) in [7, 11) is 1.64. The van der Waals surface area contributed by atoms with Crippen molar-refractivity contribution < 1.29 is 14.3 Å². The molecule has 23 heavy (non-hydrogen) atoms. The number of rotatable bonds is 5. The fourth-order valence-electron chi connectivity index (χ4n) is 2.66. The van der Waals surface area contributed by atoms with Crippen LogP contribution < -0.4 is 10.1 Å². The van der Waals surface area contributed by atoms with Gasteiger partial charge in [-0.25, -0.2) is 4.79 Å².